The number of benzene rings is 2. The second-order valence-electron chi connectivity index (χ2n) is 4.14. The molecule has 0 amide bonds. The second kappa shape index (κ2) is 5.50. The van der Waals surface area contributed by atoms with Crippen LogP contribution in [0.4, 0.5) is 0 Å². The number of allylic oxidation sites excluding steroid dienone is 1. The van der Waals surface area contributed by atoms with Crippen LogP contribution in [0.3, 0.4) is 0 Å². The molecule has 0 aliphatic carbocycles. The van der Waals surface area contributed by atoms with E-state index in [0.717, 1.165) is 11.1 Å². The molecule has 0 heterocycles. The predicted octanol–water partition coefficient (Wildman–Crippen LogP) is 3.81. The smallest absolute Gasteiger partial charge is 0.331 e. The van der Waals surface area contributed by atoms with E-state index >= 15 is 0 Å². The second-order valence-corrected chi connectivity index (χ2v) is 4.14. The Labute approximate surface area is 107 Å². The quantitative estimate of drug-likeness (QED) is 0.602. The summed E-state index contributed by atoms with van der Waals surface area (Å²) < 4.78 is 4.91. The number of hydrogen-bond donors (Lipinski definition) is 0. The standard InChI is InChI=1S/C16H16O2/c1-3-18-16(17)10-12(2)14-9-8-13-6-4-5-7-15(13)11-14/h4-11H,3H2,1-2H3/b12-10-. The molecule has 0 aliphatic rings. The first-order valence-electron chi connectivity index (χ1n) is 6.05. The van der Waals surface area contributed by atoms with Gasteiger partial charge in [-0.3, -0.25) is 0 Å². The maximum absolute atomic E-state index is 11.4. The van der Waals surface area contributed by atoms with Crippen LogP contribution in [0.5, 0.6) is 0 Å². The maximum Gasteiger partial charge on any atom is 0.331 e. The number of carbonyl (C=O) groups excluding carboxylic acids is 1. The van der Waals surface area contributed by atoms with Crippen molar-refractivity contribution < 1.29 is 9.53 Å². The molecule has 0 atom stereocenters. The Kier molecular flexibility index (Phi) is 3.78. The third-order valence-corrected chi connectivity index (χ3v) is 2.83. The fourth-order valence-corrected chi connectivity index (χ4v) is 1.88. The van der Waals surface area contributed by atoms with E-state index in [0.29, 0.717) is 6.61 Å². The molecule has 2 nitrogen and oxygen atoms in total. The van der Waals surface area contributed by atoms with Crippen LogP contribution in [0, 0.1) is 0 Å². The van der Waals surface area contributed by atoms with Gasteiger partial charge in [0, 0.05) is 6.08 Å². The predicted molar refractivity (Wildman–Crippen MR) is 74.2 cm³/mol. The lowest BCUT2D eigenvalue weighted by Gasteiger charge is -2.04. The minimum Gasteiger partial charge on any atom is -0.463 e. The van der Waals surface area contributed by atoms with Gasteiger partial charge in [0.15, 0.2) is 0 Å². The lowest BCUT2D eigenvalue weighted by atomic mass is 10.0. The van der Waals surface area contributed by atoms with Gasteiger partial charge in [-0.15, -0.1) is 0 Å². The van der Waals surface area contributed by atoms with Crippen LogP contribution in [-0.4, -0.2) is 12.6 Å². The average molecular weight is 240 g/mol. The highest BCUT2D eigenvalue weighted by molar-refractivity contribution is 5.93. The van der Waals surface area contributed by atoms with E-state index in [4.69, 9.17) is 4.74 Å². The molecule has 2 heteroatoms. The summed E-state index contributed by atoms with van der Waals surface area (Å²) >= 11 is 0. The summed E-state index contributed by atoms with van der Waals surface area (Å²) in [6.07, 6.45) is 1.54. The van der Waals surface area contributed by atoms with Gasteiger partial charge in [-0.2, -0.15) is 0 Å². The van der Waals surface area contributed by atoms with E-state index in [-0.39, 0.29) is 5.97 Å². The fraction of sp³-hybridized carbons (Fsp3) is 0.188. The molecule has 0 radical (unpaired) electrons. The van der Waals surface area contributed by atoms with Crippen LogP contribution in [0.1, 0.15) is 19.4 Å². The average Bonchev–Trinajstić information content (AvgIpc) is 2.38. The molecule has 18 heavy (non-hydrogen) atoms. The fourth-order valence-electron chi connectivity index (χ4n) is 1.88. The largest absolute Gasteiger partial charge is 0.463 e. The third-order valence-electron chi connectivity index (χ3n) is 2.83. The molecule has 0 aliphatic heterocycles. The van der Waals surface area contributed by atoms with Crippen molar-refractivity contribution in [3.8, 4) is 0 Å². The summed E-state index contributed by atoms with van der Waals surface area (Å²) in [6.45, 7) is 4.12. The Hall–Kier alpha value is -2.09. The first-order chi connectivity index (χ1) is 8.70. The topological polar surface area (TPSA) is 26.3 Å². The molecule has 0 N–H and O–H groups in total. The van der Waals surface area contributed by atoms with Crippen LogP contribution >= 0.6 is 0 Å². The Bertz CT molecular complexity index is 597. The first-order valence-corrected chi connectivity index (χ1v) is 6.05. The van der Waals surface area contributed by atoms with Crippen molar-refractivity contribution >= 4 is 22.3 Å². The van der Waals surface area contributed by atoms with E-state index in [2.05, 4.69) is 24.3 Å². The zero-order valence-corrected chi connectivity index (χ0v) is 10.6. The molecule has 2 aromatic rings. The monoisotopic (exact) mass is 240 g/mol. The zero-order valence-electron chi connectivity index (χ0n) is 10.6. The lowest BCUT2D eigenvalue weighted by Crippen LogP contribution is -2.00. The van der Waals surface area contributed by atoms with Gasteiger partial charge in [0.25, 0.3) is 0 Å². The Morgan fingerprint density at radius 3 is 2.61 bits per heavy atom. The molecule has 2 rings (SSSR count). The summed E-state index contributed by atoms with van der Waals surface area (Å²) in [5.41, 5.74) is 1.96. The van der Waals surface area contributed by atoms with Crippen molar-refractivity contribution in [2.24, 2.45) is 0 Å². The van der Waals surface area contributed by atoms with Crippen LogP contribution in [0.2, 0.25) is 0 Å². The Morgan fingerprint density at radius 2 is 1.89 bits per heavy atom. The summed E-state index contributed by atoms with van der Waals surface area (Å²) in [5.74, 6) is -0.289. The summed E-state index contributed by atoms with van der Waals surface area (Å²) in [4.78, 5) is 11.4. The Balaban J connectivity index is 2.33. The highest BCUT2D eigenvalue weighted by Gasteiger charge is 2.02. The van der Waals surface area contributed by atoms with Crippen LogP contribution in [0.15, 0.2) is 48.5 Å². The van der Waals surface area contributed by atoms with E-state index < -0.39 is 0 Å². The van der Waals surface area contributed by atoms with Gasteiger partial charge >= 0.3 is 5.97 Å². The molecule has 0 bridgehead atoms. The molecule has 0 spiro atoms. The highest BCUT2D eigenvalue weighted by Crippen LogP contribution is 2.20. The van der Waals surface area contributed by atoms with Gasteiger partial charge in [0.1, 0.15) is 0 Å². The number of ether oxygens (including phenoxy) is 1. The van der Waals surface area contributed by atoms with Gasteiger partial charge in [0.05, 0.1) is 6.61 Å². The molecular weight excluding hydrogens is 224 g/mol. The molecule has 0 fully saturated rings. The normalized spacial score (nSPS) is 11.6. The van der Waals surface area contributed by atoms with Crippen molar-refractivity contribution in [1.29, 1.82) is 0 Å². The molecule has 2 aromatic carbocycles. The van der Waals surface area contributed by atoms with Crippen LogP contribution in [0.25, 0.3) is 16.3 Å². The minimum atomic E-state index is -0.289. The summed E-state index contributed by atoms with van der Waals surface area (Å²) in [6, 6.07) is 14.3. The first kappa shape index (κ1) is 12.4. The van der Waals surface area contributed by atoms with Gasteiger partial charge < -0.3 is 4.74 Å². The number of hydrogen-bond acceptors (Lipinski definition) is 2. The van der Waals surface area contributed by atoms with Gasteiger partial charge in [-0.25, -0.2) is 4.79 Å². The highest BCUT2D eigenvalue weighted by atomic mass is 16.5. The molecule has 0 unspecified atom stereocenters. The van der Waals surface area contributed by atoms with E-state index in [1.54, 1.807) is 6.92 Å². The molecule has 92 valence electrons. The van der Waals surface area contributed by atoms with E-state index in [1.165, 1.54) is 16.8 Å². The number of fused-ring (bicyclic) bond motifs is 1. The molecular formula is C16H16O2. The zero-order chi connectivity index (χ0) is 13.0. The SMILES string of the molecule is CCOC(=O)/C=C(/C)c1ccc2ccccc2c1. The summed E-state index contributed by atoms with van der Waals surface area (Å²) in [5, 5.41) is 2.37. The van der Waals surface area contributed by atoms with Crippen molar-refractivity contribution in [3.05, 3.63) is 54.1 Å². The lowest BCUT2D eigenvalue weighted by molar-refractivity contribution is -0.137. The molecule has 0 saturated carbocycles. The van der Waals surface area contributed by atoms with Gasteiger partial charge in [0.2, 0.25) is 0 Å². The third kappa shape index (κ3) is 2.77. The van der Waals surface area contributed by atoms with Crippen molar-refractivity contribution in [3.63, 3.8) is 0 Å². The Morgan fingerprint density at radius 1 is 1.17 bits per heavy atom. The van der Waals surface area contributed by atoms with Crippen LogP contribution < -0.4 is 0 Å². The molecule has 0 saturated heterocycles. The van der Waals surface area contributed by atoms with E-state index in [1.807, 2.05) is 25.1 Å². The van der Waals surface area contributed by atoms with Gasteiger partial charge in [-0.05, 0) is 41.8 Å². The van der Waals surface area contributed by atoms with Gasteiger partial charge in [-0.1, -0.05) is 36.4 Å². The van der Waals surface area contributed by atoms with E-state index in [9.17, 15) is 4.79 Å². The number of esters is 1. The van der Waals surface area contributed by atoms with Crippen molar-refractivity contribution in [1.82, 2.24) is 0 Å². The number of carbonyl (C=O) groups is 1. The van der Waals surface area contributed by atoms with Crippen molar-refractivity contribution in [2.75, 3.05) is 6.61 Å². The summed E-state index contributed by atoms with van der Waals surface area (Å²) in [7, 11) is 0. The number of rotatable bonds is 3. The van der Waals surface area contributed by atoms with Crippen molar-refractivity contribution in [2.45, 2.75) is 13.8 Å². The maximum atomic E-state index is 11.4. The molecule has 0 aromatic heterocycles. The minimum absolute atomic E-state index is 0.289. The van der Waals surface area contributed by atoms with Crippen LogP contribution in [-0.2, 0) is 9.53 Å².